The van der Waals surface area contributed by atoms with Crippen molar-refractivity contribution in [1.29, 1.82) is 0 Å². The normalized spacial score (nSPS) is 13.9. The molecule has 1 aliphatic heterocycles. The fourth-order valence-electron chi connectivity index (χ4n) is 3.41. The third-order valence-corrected chi connectivity index (χ3v) is 4.95. The van der Waals surface area contributed by atoms with Gasteiger partial charge in [0.1, 0.15) is 5.82 Å². The first-order chi connectivity index (χ1) is 14.1. The van der Waals surface area contributed by atoms with Crippen LogP contribution in [0, 0.1) is 12.7 Å². The van der Waals surface area contributed by atoms with Gasteiger partial charge in [0.2, 0.25) is 0 Å². The molecule has 1 aliphatic rings. The fourth-order valence-corrected chi connectivity index (χ4v) is 3.41. The van der Waals surface area contributed by atoms with E-state index < -0.39 is 0 Å². The molecule has 0 spiro atoms. The van der Waals surface area contributed by atoms with Gasteiger partial charge in [-0.1, -0.05) is 0 Å². The second-order valence-electron chi connectivity index (χ2n) is 6.90. The topological polar surface area (TPSA) is 70.2 Å². The van der Waals surface area contributed by atoms with Crippen molar-refractivity contribution in [3.63, 3.8) is 0 Å². The zero-order valence-corrected chi connectivity index (χ0v) is 16.2. The van der Waals surface area contributed by atoms with Crippen molar-refractivity contribution in [2.45, 2.75) is 6.92 Å². The lowest BCUT2D eigenvalue weighted by molar-refractivity contribution is 0.102. The molecule has 0 atom stereocenters. The number of aryl methyl sites for hydroxylation is 1. The van der Waals surface area contributed by atoms with E-state index in [0.717, 1.165) is 37.4 Å². The molecule has 3 aromatic rings. The molecule has 0 aliphatic carbocycles. The average Bonchev–Trinajstić information content (AvgIpc) is 2.75. The molecule has 1 fully saturated rings. The molecule has 7 heteroatoms. The van der Waals surface area contributed by atoms with Crippen molar-refractivity contribution in [2.75, 3.05) is 36.4 Å². The minimum atomic E-state index is -0.294. The highest BCUT2D eigenvalue weighted by atomic mass is 19.1. The molecule has 6 nitrogen and oxygen atoms in total. The molecular weight excluding hydrogens is 369 g/mol. The Balaban J connectivity index is 1.55. The van der Waals surface area contributed by atoms with Crippen LogP contribution in [0.25, 0.3) is 11.3 Å². The van der Waals surface area contributed by atoms with Crippen LogP contribution in [0.5, 0.6) is 0 Å². The van der Waals surface area contributed by atoms with Gasteiger partial charge < -0.3 is 15.5 Å². The largest absolute Gasteiger partial charge is 0.366 e. The van der Waals surface area contributed by atoms with Crippen LogP contribution in [-0.4, -0.2) is 42.1 Å². The number of aromatic nitrogens is 2. The number of pyridine rings is 2. The zero-order chi connectivity index (χ0) is 20.2. The van der Waals surface area contributed by atoms with Crippen LogP contribution < -0.4 is 15.5 Å². The Morgan fingerprint density at radius 1 is 1.10 bits per heavy atom. The predicted octanol–water partition coefficient (Wildman–Crippen LogP) is 3.25. The van der Waals surface area contributed by atoms with E-state index in [2.05, 4.69) is 25.5 Å². The first-order valence-corrected chi connectivity index (χ1v) is 9.57. The number of rotatable bonds is 4. The summed E-state index contributed by atoms with van der Waals surface area (Å²) in [4.78, 5) is 24.0. The number of amides is 1. The lowest BCUT2D eigenvalue weighted by Crippen LogP contribution is -2.43. The van der Waals surface area contributed by atoms with Crippen molar-refractivity contribution >= 4 is 17.4 Å². The summed E-state index contributed by atoms with van der Waals surface area (Å²) in [5, 5.41) is 6.25. The molecule has 0 radical (unpaired) electrons. The number of nitrogens with one attached hydrogen (secondary N) is 2. The standard InChI is InChI=1S/C22H22FN5O/c1-15-18(8-9-19(26-15)16-4-6-17(23)7-5-16)22(29)27-21-20(3-2-10-25-21)28-13-11-24-12-14-28/h2-10,24H,11-14H2,1H3,(H,25,27,29). The highest BCUT2D eigenvalue weighted by Crippen LogP contribution is 2.25. The SMILES string of the molecule is Cc1nc(-c2ccc(F)cc2)ccc1C(=O)Nc1ncccc1N1CCNCC1. The van der Waals surface area contributed by atoms with E-state index in [-0.39, 0.29) is 11.7 Å². The van der Waals surface area contributed by atoms with Gasteiger partial charge in [0.05, 0.1) is 22.6 Å². The van der Waals surface area contributed by atoms with Crippen molar-refractivity contribution in [2.24, 2.45) is 0 Å². The fraction of sp³-hybridized carbons (Fsp3) is 0.227. The van der Waals surface area contributed by atoms with E-state index in [4.69, 9.17) is 0 Å². The summed E-state index contributed by atoms with van der Waals surface area (Å²) in [5.41, 5.74) is 3.48. The molecule has 29 heavy (non-hydrogen) atoms. The van der Waals surface area contributed by atoms with Crippen LogP contribution >= 0.6 is 0 Å². The van der Waals surface area contributed by atoms with Crippen molar-refractivity contribution in [1.82, 2.24) is 15.3 Å². The number of nitrogens with zero attached hydrogens (tertiary/aromatic N) is 3. The zero-order valence-electron chi connectivity index (χ0n) is 16.2. The lowest BCUT2D eigenvalue weighted by atomic mass is 10.1. The molecule has 3 heterocycles. The molecule has 148 valence electrons. The summed E-state index contributed by atoms with van der Waals surface area (Å²) >= 11 is 0. The van der Waals surface area contributed by atoms with Crippen LogP contribution in [-0.2, 0) is 0 Å². The monoisotopic (exact) mass is 391 g/mol. The molecule has 1 amide bonds. The third kappa shape index (κ3) is 4.25. The van der Waals surface area contributed by atoms with Gasteiger partial charge in [-0.25, -0.2) is 9.37 Å². The van der Waals surface area contributed by atoms with Crippen LogP contribution in [0.4, 0.5) is 15.9 Å². The first kappa shape index (κ1) is 19.0. The number of anilines is 2. The smallest absolute Gasteiger partial charge is 0.258 e. The summed E-state index contributed by atoms with van der Waals surface area (Å²) in [5.74, 6) is -0.00530. The molecular formula is C22H22FN5O. The van der Waals surface area contributed by atoms with Crippen LogP contribution in [0.2, 0.25) is 0 Å². The highest BCUT2D eigenvalue weighted by Gasteiger charge is 2.18. The number of hydrogen-bond acceptors (Lipinski definition) is 5. The third-order valence-electron chi connectivity index (χ3n) is 4.95. The van der Waals surface area contributed by atoms with Crippen molar-refractivity contribution in [3.8, 4) is 11.3 Å². The molecule has 1 aromatic carbocycles. The van der Waals surface area contributed by atoms with E-state index >= 15 is 0 Å². The number of carbonyl (C=O) groups excluding carboxylic acids is 1. The molecule has 0 saturated carbocycles. The first-order valence-electron chi connectivity index (χ1n) is 9.57. The Hall–Kier alpha value is -3.32. The van der Waals surface area contributed by atoms with Gasteiger partial charge in [-0.2, -0.15) is 0 Å². The summed E-state index contributed by atoms with van der Waals surface area (Å²) < 4.78 is 13.1. The lowest BCUT2D eigenvalue weighted by Gasteiger charge is -2.30. The van der Waals surface area contributed by atoms with Crippen molar-refractivity contribution in [3.05, 3.63) is 71.8 Å². The minimum Gasteiger partial charge on any atom is -0.366 e. The second-order valence-corrected chi connectivity index (χ2v) is 6.90. The van der Waals surface area contributed by atoms with E-state index in [1.807, 2.05) is 12.1 Å². The van der Waals surface area contributed by atoms with Crippen LogP contribution in [0.15, 0.2) is 54.7 Å². The highest BCUT2D eigenvalue weighted by molar-refractivity contribution is 6.06. The number of piperazine rings is 1. The van der Waals surface area contributed by atoms with E-state index in [0.29, 0.717) is 22.8 Å². The summed E-state index contributed by atoms with van der Waals surface area (Å²) in [6.45, 7) is 5.31. The van der Waals surface area contributed by atoms with E-state index in [1.54, 1.807) is 37.4 Å². The van der Waals surface area contributed by atoms with E-state index in [9.17, 15) is 9.18 Å². The van der Waals surface area contributed by atoms with Gasteiger partial charge in [0, 0.05) is 37.9 Å². The number of halogens is 1. The Morgan fingerprint density at radius 2 is 1.86 bits per heavy atom. The maximum Gasteiger partial charge on any atom is 0.258 e. The molecule has 4 rings (SSSR count). The summed E-state index contributed by atoms with van der Waals surface area (Å²) in [6.07, 6.45) is 1.67. The minimum absolute atomic E-state index is 0.254. The van der Waals surface area contributed by atoms with Gasteiger partial charge >= 0.3 is 0 Å². The van der Waals surface area contributed by atoms with Gasteiger partial charge in [-0.05, 0) is 55.5 Å². The van der Waals surface area contributed by atoms with Crippen molar-refractivity contribution < 1.29 is 9.18 Å². The van der Waals surface area contributed by atoms with E-state index in [1.165, 1.54) is 12.1 Å². The van der Waals surface area contributed by atoms with Gasteiger partial charge in [-0.3, -0.25) is 9.78 Å². The molecule has 2 aromatic heterocycles. The van der Waals surface area contributed by atoms with Crippen LogP contribution in [0.1, 0.15) is 16.1 Å². The molecule has 2 N–H and O–H groups in total. The molecule has 0 unspecified atom stereocenters. The van der Waals surface area contributed by atoms with Crippen LogP contribution in [0.3, 0.4) is 0 Å². The predicted molar refractivity (Wildman–Crippen MR) is 112 cm³/mol. The Morgan fingerprint density at radius 3 is 2.59 bits per heavy atom. The van der Waals surface area contributed by atoms with Gasteiger partial charge in [0.15, 0.2) is 5.82 Å². The Labute approximate surface area is 168 Å². The number of carbonyl (C=O) groups is 1. The average molecular weight is 391 g/mol. The maximum absolute atomic E-state index is 13.1. The molecule has 1 saturated heterocycles. The second kappa shape index (κ2) is 8.36. The summed E-state index contributed by atoms with van der Waals surface area (Å²) in [7, 11) is 0. The maximum atomic E-state index is 13.1. The van der Waals surface area contributed by atoms with Gasteiger partial charge in [-0.15, -0.1) is 0 Å². The number of benzene rings is 1. The molecule has 0 bridgehead atoms. The Kier molecular flexibility index (Phi) is 5.48. The quantitative estimate of drug-likeness (QED) is 0.715. The number of hydrogen-bond donors (Lipinski definition) is 2. The van der Waals surface area contributed by atoms with Gasteiger partial charge in [0.25, 0.3) is 5.91 Å². The summed E-state index contributed by atoms with van der Waals surface area (Å²) in [6, 6.07) is 13.5. The Bertz CT molecular complexity index is 1020.